The molecule has 2 fully saturated rings. The summed E-state index contributed by atoms with van der Waals surface area (Å²) in [6, 6.07) is 1.45. The number of aromatic nitrogens is 3. The molecule has 0 amide bonds. The third-order valence-electron chi connectivity index (χ3n) is 6.21. The van der Waals surface area contributed by atoms with Crippen molar-refractivity contribution in [3.8, 4) is 0 Å². The van der Waals surface area contributed by atoms with E-state index in [9.17, 15) is 0 Å². The van der Waals surface area contributed by atoms with Crippen molar-refractivity contribution in [2.45, 2.75) is 82.8 Å². The zero-order valence-electron chi connectivity index (χ0n) is 16.8. The summed E-state index contributed by atoms with van der Waals surface area (Å²) in [5, 5.41) is 15.9. The number of fused-ring (bicyclic) bond motifs is 1. The van der Waals surface area contributed by atoms with Crippen LogP contribution in [0.15, 0.2) is 4.99 Å². The number of nitrogens with one attached hydrogen (secondary N) is 2. The van der Waals surface area contributed by atoms with E-state index in [1.54, 1.807) is 0 Å². The Hall–Kier alpha value is -1.63. The summed E-state index contributed by atoms with van der Waals surface area (Å²) in [4.78, 5) is 7.08. The molecular formula is C20H35N7. The van der Waals surface area contributed by atoms with Crippen molar-refractivity contribution in [1.82, 2.24) is 30.3 Å². The summed E-state index contributed by atoms with van der Waals surface area (Å²) < 4.78 is 2.35. The molecule has 3 aliphatic rings. The molecule has 0 radical (unpaired) electrons. The van der Waals surface area contributed by atoms with E-state index in [2.05, 4.69) is 35.3 Å². The van der Waals surface area contributed by atoms with Gasteiger partial charge in [0.1, 0.15) is 11.6 Å². The van der Waals surface area contributed by atoms with Crippen LogP contribution in [0.3, 0.4) is 0 Å². The molecule has 0 spiro atoms. The molecular weight excluding hydrogens is 338 g/mol. The fourth-order valence-corrected chi connectivity index (χ4v) is 4.42. The highest BCUT2D eigenvalue weighted by Gasteiger charge is 2.31. The second-order valence-corrected chi connectivity index (χ2v) is 8.28. The smallest absolute Gasteiger partial charge is 0.191 e. The van der Waals surface area contributed by atoms with Gasteiger partial charge in [-0.3, -0.25) is 4.99 Å². The first kappa shape index (κ1) is 18.7. The van der Waals surface area contributed by atoms with Gasteiger partial charge in [0.25, 0.3) is 0 Å². The predicted molar refractivity (Wildman–Crippen MR) is 108 cm³/mol. The Morgan fingerprint density at radius 2 is 1.93 bits per heavy atom. The van der Waals surface area contributed by atoms with Crippen LogP contribution in [0.1, 0.15) is 63.0 Å². The van der Waals surface area contributed by atoms with Crippen LogP contribution in [0.25, 0.3) is 0 Å². The Kier molecular flexibility index (Phi) is 6.27. The first-order chi connectivity index (χ1) is 13.3. The summed E-state index contributed by atoms with van der Waals surface area (Å²) in [6.45, 7) is 4.48. The van der Waals surface area contributed by atoms with Crippen LogP contribution in [-0.2, 0) is 19.4 Å². The summed E-state index contributed by atoms with van der Waals surface area (Å²) >= 11 is 0. The number of likely N-dealkylation sites (tertiary alicyclic amines) is 1. The zero-order valence-corrected chi connectivity index (χ0v) is 16.8. The van der Waals surface area contributed by atoms with Gasteiger partial charge < -0.3 is 20.1 Å². The highest BCUT2D eigenvalue weighted by Crippen LogP contribution is 2.29. The van der Waals surface area contributed by atoms with Gasteiger partial charge in [-0.2, -0.15) is 0 Å². The molecule has 1 aliphatic carbocycles. The Bertz CT molecular complexity index is 626. The van der Waals surface area contributed by atoms with Gasteiger partial charge in [-0.15, -0.1) is 10.2 Å². The predicted octanol–water partition coefficient (Wildman–Crippen LogP) is 1.73. The molecule has 1 aromatic heterocycles. The molecule has 1 saturated carbocycles. The van der Waals surface area contributed by atoms with E-state index in [0.717, 1.165) is 50.2 Å². The zero-order chi connectivity index (χ0) is 18.5. The van der Waals surface area contributed by atoms with Crippen LogP contribution < -0.4 is 10.6 Å². The van der Waals surface area contributed by atoms with Crippen molar-refractivity contribution in [2.24, 2.45) is 4.99 Å². The molecule has 0 unspecified atom stereocenters. The molecule has 2 N–H and O–H groups in total. The molecule has 2 aliphatic heterocycles. The largest absolute Gasteiger partial charge is 0.356 e. The van der Waals surface area contributed by atoms with E-state index in [1.165, 1.54) is 63.9 Å². The van der Waals surface area contributed by atoms with Gasteiger partial charge in [0.05, 0.1) is 0 Å². The number of rotatable bonds is 6. The average molecular weight is 374 g/mol. The molecule has 0 bridgehead atoms. The third kappa shape index (κ3) is 5.00. The van der Waals surface area contributed by atoms with E-state index < -0.39 is 0 Å². The molecule has 27 heavy (non-hydrogen) atoms. The fraction of sp³-hybridized carbons (Fsp3) is 0.850. The Morgan fingerprint density at radius 3 is 2.70 bits per heavy atom. The number of nitrogens with zero attached hydrogens (tertiary/aromatic N) is 5. The molecule has 0 aromatic carbocycles. The molecule has 3 heterocycles. The molecule has 7 nitrogen and oxygen atoms in total. The highest BCUT2D eigenvalue weighted by atomic mass is 15.3. The fourth-order valence-electron chi connectivity index (χ4n) is 4.42. The van der Waals surface area contributed by atoms with Gasteiger partial charge in [0.15, 0.2) is 5.96 Å². The molecule has 4 rings (SSSR count). The van der Waals surface area contributed by atoms with Crippen molar-refractivity contribution >= 4 is 5.96 Å². The van der Waals surface area contributed by atoms with Crippen LogP contribution in [0.4, 0.5) is 0 Å². The quantitative estimate of drug-likeness (QED) is 0.451. The maximum Gasteiger partial charge on any atom is 0.191 e. The number of aliphatic imine (C=N–C) groups is 1. The Balaban J connectivity index is 1.16. The van der Waals surface area contributed by atoms with Gasteiger partial charge in [0.2, 0.25) is 0 Å². The summed E-state index contributed by atoms with van der Waals surface area (Å²) in [6.07, 6.45) is 12.2. The SMILES string of the molecule is CN=C(NCCCc1nnc2n1CCCCC2)NC1CCN(C2CC2)CC1. The van der Waals surface area contributed by atoms with Crippen LogP contribution in [0.5, 0.6) is 0 Å². The van der Waals surface area contributed by atoms with Crippen molar-refractivity contribution in [3.63, 3.8) is 0 Å². The first-order valence-corrected chi connectivity index (χ1v) is 11.0. The van der Waals surface area contributed by atoms with Crippen LogP contribution in [0, 0.1) is 0 Å². The van der Waals surface area contributed by atoms with Gasteiger partial charge in [-0.1, -0.05) is 6.42 Å². The van der Waals surface area contributed by atoms with E-state index in [4.69, 9.17) is 0 Å². The Morgan fingerprint density at radius 1 is 1.07 bits per heavy atom. The molecule has 0 atom stereocenters. The van der Waals surface area contributed by atoms with Crippen molar-refractivity contribution in [3.05, 3.63) is 11.6 Å². The minimum absolute atomic E-state index is 0.554. The third-order valence-corrected chi connectivity index (χ3v) is 6.21. The molecule has 1 aromatic rings. The van der Waals surface area contributed by atoms with E-state index in [0.29, 0.717) is 6.04 Å². The van der Waals surface area contributed by atoms with Gasteiger partial charge in [-0.25, -0.2) is 0 Å². The lowest BCUT2D eigenvalue weighted by Crippen LogP contribution is -2.49. The normalized spacial score (nSPS) is 22.3. The average Bonchev–Trinajstić information content (AvgIpc) is 3.51. The lowest BCUT2D eigenvalue weighted by atomic mass is 10.1. The van der Waals surface area contributed by atoms with E-state index in [-0.39, 0.29) is 0 Å². The summed E-state index contributed by atoms with van der Waals surface area (Å²) in [5.41, 5.74) is 0. The van der Waals surface area contributed by atoms with Crippen molar-refractivity contribution < 1.29 is 0 Å². The number of guanidine groups is 1. The summed E-state index contributed by atoms with van der Waals surface area (Å²) in [7, 11) is 1.87. The van der Waals surface area contributed by atoms with Crippen molar-refractivity contribution in [1.29, 1.82) is 0 Å². The number of hydrogen-bond donors (Lipinski definition) is 2. The number of aryl methyl sites for hydroxylation is 2. The number of hydrogen-bond acceptors (Lipinski definition) is 4. The van der Waals surface area contributed by atoms with Gasteiger partial charge in [0, 0.05) is 58.2 Å². The minimum Gasteiger partial charge on any atom is -0.356 e. The van der Waals surface area contributed by atoms with Crippen LogP contribution >= 0.6 is 0 Å². The standard InChI is InChI=1S/C20H35N7/c1-21-20(23-16-10-14-26(15-11-16)17-8-9-17)22-12-5-7-19-25-24-18-6-3-2-4-13-27(18)19/h16-17H,2-15H2,1H3,(H2,21,22,23). The monoisotopic (exact) mass is 373 g/mol. The second-order valence-electron chi connectivity index (χ2n) is 8.28. The van der Waals surface area contributed by atoms with Gasteiger partial charge >= 0.3 is 0 Å². The van der Waals surface area contributed by atoms with E-state index >= 15 is 0 Å². The number of piperidine rings is 1. The maximum absolute atomic E-state index is 4.43. The lowest BCUT2D eigenvalue weighted by Gasteiger charge is -2.33. The van der Waals surface area contributed by atoms with Crippen molar-refractivity contribution in [2.75, 3.05) is 26.7 Å². The topological polar surface area (TPSA) is 70.4 Å². The van der Waals surface area contributed by atoms with E-state index in [1.807, 2.05) is 7.05 Å². The molecule has 150 valence electrons. The molecule has 7 heteroatoms. The summed E-state index contributed by atoms with van der Waals surface area (Å²) in [5.74, 6) is 3.29. The second kappa shape index (κ2) is 9.04. The van der Waals surface area contributed by atoms with Crippen LogP contribution in [0.2, 0.25) is 0 Å². The maximum atomic E-state index is 4.43. The minimum atomic E-state index is 0.554. The Labute approximate surface area is 163 Å². The van der Waals surface area contributed by atoms with Crippen LogP contribution in [-0.4, -0.2) is 64.4 Å². The highest BCUT2D eigenvalue weighted by molar-refractivity contribution is 5.79. The molecule has 1 saturated heterocycles. The first-order valence-electron chi connectivity index (χ1n) is 11.0. The van der Waals surface area contributed by atoms with Gasteiger partial charge in [-0.05, 0) is 44.9 Å². The lowest BCUT2D eigenvalue weighted by molar-refractivity contribution is 0.197.